The van der Waals surface area contributed by atoms with Crippen LogP contribution in [0.25, 0.3) is 11.0 Å². The molecule has 0 bridgehead atoms. The van der Waals surface area contributed by atoms with Gasteiger partial charge in [-0.25, -0.2) is 4.79 Å². The highest BCUT2D eigenvalue weighted by atomic mass is 16.6. The average Bonchev–Trinajstić information content (AvgIpc) is 3.02. The number of benzene rings is 1. The minimum atomic E-state index is -0.562. The predicted octanol–water partition coefficient (Wildman–Crippen LogP) is 2.59. The first kappa shape index (κ1) is 19.2. The first-order chi connectivity index (χ1) is 12.0. The molecule has 0 aliphatic rings. The third-order valence-corrected chi connectivity index (χ3v) is 3.81. The van der Waals surface area contributed by atoms with Crippen LogP contribution in [0.2, 0.25) is 0 Å². The number of methoxy groups -OCH3 is 1. The van der Waals surface area contributed by atoms with E-state index in [9.17, 15) is 9.90 Å². The Balaban J connectivity index is 1.76. The van der Waals surface area contributed by atoms with Gasteiger partial charge in [-0.15, -0.1) is 0 Å². The van der Waals surface area contributed by atoms with E-state index >= 15 is 0 Å². The fourth-order valence-corrected chi connectivity index (χ4v) is 2.25. The number of esters is 1. The lowest BCUT2D eigenvalue weighted by atomic mass is 10.1. The Labute approximate surface area is 146 Å². The first-order valence-electron chi connectivity index (χ1n) is 8.09. The van der Waals surface area contributed by atoms with Gasteiger partial charge in [0.05, 0.1) is 33.0 Å². The van der Waals surface area contributed by atoms with Crippen LogP contribution < -0.4 is 0 Å². The Morgan fingerprint density at radius 2 is 1.64 bits per heavy atom. The average molecular weight is 352 g/mol. The number of aromatic hydroxyl groups is 1. The molecule has 0 radical (unpaired) electrons. The van der Waals surface area contributed by atoms with Crippen molar-refractivity contribution in [3.63, 3.8) is 0 Å². The van der Waals surface area contributed by atoms with Crippen molar-refractivity contribution in [2.75, 3.05) is 46.8 Å². The van der Waals surface area contributed by atoms with Gasteiger partial charge in [-0.3, -0.25) is 0 Å². The molecule has 1 aromatic carbocycles. The second kappa shape index (κ2) is 9.41. The van der Waals surface area contributed by atoms with Crippen molar-refractivity contribution in [2.24, 2.45) is 0 Å². The van der Waals surface area contributed by atoms with E-state index in [4.69, 9.17) is 23.4 Å². The number of carbonyl (C=O) groups is 1. The molecular formula is C18H24O7. The molecule has 138 valence electrons. The van der Waals surface area contributed by atoms with Crippen LogP contribution in [0.4, 0.5) is 0 Å². The summed E-state index contributed by atoms with van der Waals surface area (Å²) in [5.41, 5.74) is 2.10. The first-order valence-corrected chi connectivity index (χ1v) is 8.09. The van der Waals surface area contributed by atoms with E-state index in [0.717, 1.165) is 11.1 Å². The lowest BCUT2D eigenvalue weighted by Gasteiger charge is -2.06. The molecule has 1 heterocycles. The van der Waals surface area contributed by atoms with Gasteiger partial charge in [0.15, 0.2) is 0 Å². The fourth-order valence-electron chi connectivity index (χ4n) is 2.25. The summed E-state index contributed by atoms with van der Waals surface area (Å²) in [4.78, 5) is 12.0. The minimum absolute atomic E-state index is 0.103. The zero-order valence-corrected chi connectivity index (χ0v) is 14.8. The van der Waals surface area contributed by atoms with Gasteiger partial charge in [0.1, 0.15) is 17.9 Å². The van der Waals surface area contributed by atoms with E-state index in [-0.39, 0.29) is 24.7 Å². The van der Waals surface area contributed by atoms with Gasteiger partial charge in [-0.2, -0.15) is 0 Å². The molecule has 0 amide bonds. The molecule has 1 aromatic heterocycles. The van der Waals surface area contributed by atoms with Gasteiger partial charge in [-0.05, 0) is 37.1 Å². The number of rotatable bonds is 10. The molecular weight excluding hydrogens is 328 g/mol. The monoisotopic (exact) mass is 352 g/mol. The van der Waals surface area contributed by atoms with Crippen LogP contribution in [0.5, 0.6) is 5.75 Å². The maximum absolute atomic E-state index is 12.0. The molecule has 0 spiro atoms. The van der Waals surface area contributed by atoms with Crippen molar-refractivity contribution in [2.45, 2.75) is 13.8 Å². The lowest BCUT2D eigenvalue weighted by Crippen LogP contribution is -2.13. The van der Waals surface area contributed by atoms with Crippen molar-refractivity contribution >= 4 is 16.9 Å². The fraction of sp³-hybridized carbons (Fsp3) is 0.500. The van der Waals surface area contributed by atoms with Crippen LogP contribution in [-0.2, 0) is 18.9 Å². The Morgan fingerprint density at radius 1 is 1.00 bits per heavy atom. The van der Waals surface area contributed by atoms with Crippen molar-refractivity contribution in [3.05, 3.63) is 29.0 Å². The number of ether oxygens (including phenoxy) is 4. The predicted molar refractivity (Wildman–Crippen MR) is 91.1 cm³/mol. The summed E-state index contributed by atoms with van der Waals surface area (Å²) in [5, 5.41) is 10.5. The number of furan rings is 1. The van der Waals surface area contributed by atoms with E-state index in [1.165, 1.54) is 0 Å². The zero-order valence-electron chi connectivity index (χ0n) is 14.8. The molecule has 0 saturated heterocycles. The standard InChI is InChI=1S/C18H24O7/c1-12-13(2)17-14(10-15(12)19)11-16(25-17)18(20)24-9-8-23-7-6-22-5-4-21-3/h10-11,19H,4-9H2,1-3H3. The molecule has 2 aromatic rings. The van der Waals surface area contributed by atoms with Gasteiger partial charge in [0, 0.05) is 12.5 Å². The maximum atomic E-state index is 12.0. The minimum Gasteiger partial charge on any atom is -0.508 e. The normalized spacial score (nSPS) is 11.2. The number of hydrogen-bond donors (Lipinski definition) is 1. The maximum Gasteiger partial charge on any atom is 0.374 e. The summed E-state index contributed by atoms with van der Waals surface area (Å²) >= 11 is 0. The number of phenols is 1. The summed E-state index contributed by atoms with van der Waals surface area (Å²) < 4.78 is 26.1. The molecule has 0 unspecified atom stereocenters. The molecule has 0 aliphatic carbocycles. The van der Waals surface area contributed by atoms with Crippen LogP contribution in [-0.4, -0.2) is 57.8 Å². The van der Waals surface area contributed by atoms with Gasteiger partial charge in [0.2, 0.25) is 5.76 Å². The Bertz CT molecular complexity index is 705. The summed E-state index contributed by atoms with van der Waals surface area (Å²) in [6.07, 6.45) is 0. The summed E-state index contributed by atoms with van der Waals surface area (Å²) in [6.45, 7) is 5.98. The third kappa shape index (κ3) is 5.19. The van der Waals surface area contributed by atoms with E-state index in [1.807, 2.05) is 6.92 Å². The summed E-state index contributed by atoms with van der Waals surface area (Å²) in [6, 6.07) is 3.14. The van der Waals surface area contributed by atoms with Gasteiger partial charge >= 0.3 is 5.97 Å². The summed E-state index contributed by atoms with van der Waals surface area (Å²) in [5.74, 6) is -0.287. The van der Waals surface area contributed by atoms with Crippen LogP contribution in [0.15, 0.2) is 16.5 Å². The Morgan fingerprint density at radius 3 is 2.32 bits per heavy atom. The van der Waals surface area contributed by atoms with Crippen LogP contribution in [0, 0.1) is 13.8 Å². The number of aryl methyl sites for hydroxylation is 1. The Hall–Kier alpha value is -2.09. The molecule has 0 saturated carbocycles. The van der Waals surface area contributed by atoms with E-state index in [1.54, 1.807) is 26.2 Å². The van der Waals surface area contributed by atoms with Gasteiger partial charge in [0.25, 0.3) is 0 Å². The van der Waals surface area contributed by atoms with Crippen LogP contribution >= 0.6 is 0 Å². The highest BCUT2D eigenvalue weighted by Gasteiger charge is 2.17. The van der Waals surface area contributed by atoms with E-state index in [0.29, 0.717) is 37.4 Å². The number of hydrogen-bond acceptors (Lipinski definition) is 7. The molecule has 0 fully saturated rings. The van der Waals surface area contributed by atoms with Crippen molar-refractivity contribution < 1.29 is 33.3 Å². The molecule has 2 rings (SSSR count). The van der Waals surface area contributed by atoms with Crippen molar-refractivity contribution in [1.29, 1.82) is 0 Å². The zero-order chi connectivity index (χ0) is 18.2. The molecule has 7 heteroatoms. The molecule has 0 aliphatic heterocycles. The second-order valence-corrected chi connectivity index (χ2v) is 5.53. The third-order valence-electron chi connectivity index (χ3n) is 3.81. The van der Waals surface area contributed by atoms with E-state index < -0.39 is 5.97 Å². The van der Waals surface area contributed by atoms with Crippen molar-refractivity contribution in [1.82, 2.24) is 0 Å². The summed E-state index contributed by atoms with van der Waals surface area (Å²) in [7, 11) is 1.61. The smallest absolute Gasteiger partial charge is 0.374 e. The van der Waals surface area contributed by atoms with Crippen molar-refractivity contribution in [3.8, 4) is 5.75 Å². The number of fused-ring (bicyclic) bond motifs is 1. The highest BCUT2D eigenvalue weighted by Crippen LogP contribution is 2.31. The SMILES string of the molecule is COCCOCCOCCOC(=O)c1cc2cc(O)c(C)c(C)c2o1. The van der Waals surface area contributed by atoms with Crippen LogP contribution in [0.1, 0.15) is 21.7 Å². The number of carbonyl (C=O) groups excluding carboxylic acids is 1. The molecule has 25 heavy (non-hydrogen) atoms. The molecule has 0 atom stereocenters. The Kier molecular flexibility index (Phi) is 7.24. The molecule has 7 nitrogen and oxygen atoms in total. The lowest BCUT2D eigenvalue weighted by molar-refractivity contribution is 0.00467. The van der Waals surface area contributed by atoms with Gasteiger partial charge in [-0.1, -0.05) is 0 Å². The topological polar surface area (TPSA) is 87.4 Å². The quantitative estimate of drug-likeness (QED) is 0.519. The highest BCUT2D eigenvalue weighted by molar-refractivity contribution is 5.94. The second-order valence-electron chi connectivity index (χ2n) is 5.53. The van der Waals surface area contributed by atoms with E-state index in [2.05, 4.69) is 0 Å². The number of phenolic OH excluding ortho intramolecular Hbond substituents is 1. The van der Waals surface area contributed by atoms with Gasteiger partial charge < -0.3 is 28.5 Å². The van der Waals surface area contributed by atoms with Crippen LogP contribution in [0.3, 0.4) is 0 Å². The molecule has 1 N–H and O–H groups in total. The largest absolute Gasteiger partial charge is 0.508 e.